The minimum atomic E-state index is -0.197. The number of carbonyl (C=O) groups is 1. The summed E-state index contributed by atoms with van der Waals surface area (Å²) in [6.07, 6.45) is 3.58. The van der Waals surface area contributed by atoms with Crippen molar-refractivity contribution in [2.24, 2.45) is 0 Å². The molecule has 0 saturated heterocycles. The highest BCUT2D eigenvalue weighted by molar-refractivity contribution is 6.04. The molecule has 0 saturated carbocycles. The summed E-state index contributed by atoms with van der Waals surface area (Å²) in [7, 11) is 0. The standard InChI is InChI=1S/C21H21N7O2/c1-15(2)28-20(24-25-26-28)14-30-19-10-4-16(5-11-19)21(29)23-17-6-8-18(9-7-17)27-13-3-12-22-27/h3-13,15H,14H2,1-2H3,(H,23,29). The number of aromatic nitrogens is 6. The Morgan fingerprint density at radius 2 is 1.87 bits per heavy atom. The van der Waals surface area contributed by atoms with Gasteiger partial charge < -0.3 is 10.1 Å². The van der Waals surface area contributed by atoms with Crippen LogP contribution in [0.1, 0.15) is 36.1 Å². The number of nitrogens with one attached hydrogen (secondary N) is 1. The first-order chi connectivity index (χ1) is 14.6. The summed E-state index contributed by atoms with van der Waals surface area (Å²) in [4.78, 5) is 12.5. The van der Waals surface area contributed by atoms with Crippen molar-refractivity contribution in [3.05, 3.63) is 78.4 Å². The molecular formula is C21H21N7O2. The van der Waals surface area contributed by atoms with Gasteiger partial charge in [0, 0.05) is 23.6 Å². The number of tetrazole rings is 1. The first kappa shape index (κ1) is 19.3. The lowest BCUT2D eigenvalue weighted by Gasteiger charge is -2.10. The van der Waals surface area contributed by atoms with Gasteiger partial charge in [-0.1, -0.05) is 0 Å². The Kier molecular flexibility index (Phi) is 5.51. The molecule has 0 aliphatic heterocycles. The van der Waals surface area contributed by atoms with Gasteiger partial charge in [0.15, 0.2) is 5.82 Å². The average Bonchev–Trinajstić information content (AvgIpc) is 3.45. The second-order valence-electron chi connectivity index (χ2n) is 6.90. The maximum Gasteiger partial charge on any atom is 0.255 e. The molecule has 9 nitrogen and oxygen atoms in total. The molecule has 4 aromatic rings. The Bertz CT molecular complexity index is 1100. The van der Waals surface area contributed by atoms with Crippen LogP contribution >= 0.6 is 0 Å². The van der Waals surface area contributed by atoms with Crippen LogP contribution in [0.4, 0.5) is 5.69 Å². The lowest BCUT2D eigenvalue weighted by molar-refractivity contribution is 0.102. The minimum Gasteiger partial charge on any atom is -0.486 e. The van der Waals surface area contributed by atoms with E-state index in [1.54, 1.807) is 39.8 Å². The van der Waals surface area contributed by atoms with E-state index in [2.05, 4.69) is 25.9 Å². The van der Waals surface area contributed by atoms with Crippen molar-refractivity contribution in [1.29, 1.82) is 0 Å². The molecule has 0 unspecified atom stereocenters. The van der Waals surface area contributed by atoms with E-state index in [0.717, 1.165) is 5.69 Å². The zero-order valence-corrected chi connectivity index (χ0v) is 16.6. The van der Waals surface area contributed by atoms with E-state index in [-0.39, 0.29) is 18.6 Å². The molecule has 2 heterocycles. The molecule has 1 amide bonds. The number of hydrogen-bond donors (Lipinski definition) is 1. The summed E-state index contributed by atoms with van der Waals surface area (Å²) in [5.41, 5.74) is 2.16. The Hall–Kier alpha value is -4.01. The summed E-state index contributed by atoms with van der Waals surface area (Å²) < 4.78 is 9.20. The molecule has 9 heteroatoms. The van der Waals surface area contributed by atoms with Crippen LogP contribution in [0.25, 0.3) is 5.69 Å². The number of hydrogen-bond acceptors (Lipinski definition) is 6. The fourth-order valence-electron chi connectivity index (χ4n) is 2.88. The van der Waals surface area contributed by atoms with E-state index >= 15 is 0 Å². The molecule has 0 atom stereocenters. The largest absolute Gasteiger partial charge is 0.486 e. The predicted molar refractivity (Wildman–Crippen MR) is 110 cm³/mol. The fourth-order valence-corrected chi connectivity index (χ4v) is 2.88. The molecule has 1 N–H and O–H groups in total. The van der Waals surface area contributed by atoms with E-state index in [1.807, 2.05) is 50.4 Å². The lowest BCUT2D eigenvalue weighted by atomic mass is 10.2. The van der Waals surface area contributed by atoms with E-state index in [1.165, 1.54) is 0 Å². The number of amides is 1. The van der Waals surface area contributed by atoms with Gasteiger partial charge in [0.25, 0.3) is 5.91 Å². The lowest BCUT2D eigenvalue weighted by Crippen LogP contribution is -2.12. The number of carbonyl (C=O) groups excluding carboxylic acids is 1. The summed E-state index contributed by atoms with van der Waals surface area (Å²) in [6.45, 7) is 4.25. The number of ether oxygens (including phenoxy) is 1. The van der Waals surface area contributed by atoms with Crippen LogP contribution in [0.5, 0.6) is 5.75 Å². The van der Waals surface area contributed by atoms with Crippen molar-refractivity contribution in [1.82, 2.24) is 30.0 Å². The number of nitrogens with zero attached hydrogens (tertiary/aromatic N) is 6. The number of anilines is 1. The zero-order chi connectivity index (χ0) is 20.9. The van der Waals surface area contributed by atoms with E-state index < -0.39 is 0 Å². The van der Waals surface area contributed by atoms with Crippen LogP contribution in [0.3, 0.4) is 0 Å². The van der Waals surface area contributed by atoms with Crippen molar-refractivity contribution >= 4 is 11.6 Å². The Morgan fingerprint density at radius 3 is 2.53 bits per heavy atom. The van der Waals surface area contributed by atoms with Crippen molar-refractivity contribution in [3.63, 3.8) is 0 Å². The first-order valence-corrected chi connectivity index (χ1v) is 9.51. The van der Waals surface area contributed by atoms with Gasteiger partial charge in [-0.25, -0.2) is 9.36 Å². The normalized spacial score (nSPS) is 10.9. The summed E-state index contributed by atoms with van der Waals surface area (Å²) in [5, 5.41) is 18.7. The highest BCUT2D eigenvalue weighted by Crippen LogP contribution is 2.17. The molecule has 0 fully saturated rings. The van der Waals surface area contributed by atoms with Gasteiger partial charge in [-0.15, -0.1) is 5.10 Å². The third-order valence-electron chi connectivity index (χ3n) is 4.43. The molecule has 4 rings (SSSR count). The van der Waals surface area contributed by atoms with Crippen molar-refractivity contribution < 1.29 is 9.53 Å². The van der Waals surface area contributed by atoms with E-state index in [0.29, 0.717) is 22.8 Å². The number of benzene rings is 2. The van der Waals surface area contributed by atoms with E-state index in [9.17, 15) is 4.79 Å². The number of rotatable bonds is 7. The maximum atomic E-state index is 12.5. The third kappa shape index (κ3) is 4.35. The highest BCUT2D eigenvalue weighted by Gasteiger charge is 2.11. The van der Waals surface area contributed by atoms with Gasteiger partial charge in [0.2, 0.25) is 0 Å². The maximum absolute atomic E-state index is 12.5. The molecule has 30 heavy (non-hydrogen) atoms. The summed E-state index contributed by atoms with van der Waals surface area (Å²) >= 11 is 0. The molecule has 152 valence electrons. The molecule has 0 aliphatic carbocycles. The molecule has 2 aromatic carbocycles. The summed E-state index contributed by atoms with van der Waals surface area (Å²) in [5.74, 6) is 1.08. The average molecular weight is 403 g/mol. The molecule has 0 bridgehead atoms. The van der Waals surface area contributed by atoms with Crippen molar-refractivity contribution in [2.45, 2.75) is 26.5 Å². The Labute approximate surface area is 173 Å². The smallest absolute Gasteiger partial charge is 0.255 e. The van der Waals surface area contributed by atoms with Gasteiger partial charge in [-0.2, -0.15) is 5.10 Å². The van der Waals surface area contributed by atoms with Crippen molar-refractivity contribution in [3.8, 4) is 11.4 Å². The van der Waals surface area contributed by atoms with Crippen LogP contribution in [0, 0.1) is 0 Å². The molecule has 2 aromatic heterocycles. The SMILES string of the molecule is CC(C)n1nnnc1COc1ccc(C(=O)Nc2ccc(-n3cccn3)cc2)cc1. The van der Waals surface area contributed by atoms with Gasteiger partial charge in [-0.3, -0.25) is 4.79 Å². The summed E-state index contributed by atoms with van der Waals surface area (Å²) in [6, 6.07) is 16.4. The zero-order valence-electron chi connectivity index (χ0n) is 16.6. The van der Waals surface area contributed by atoms with Gasteiger partial charge >= 0.3 is 0 Å². The van der Waals surface area contributed by atoms with Gasteiger partial charge in [-0.05, 0) is 78.9 Å². The van der Waals surface area contributed by atoms with Crippen molar-refractivity contribution in [2.75, 3.05) is 5.32 Å². The molecule has 0 radical (unpaired) electrons. The second-order valence-corrected chi connectivity index (χ2v) is 6.90. The molecular weight excluding hydrogens is 382 g/mol. The minimum absolute atomic E-state index is 0.151. The quantitative estimate of drug-likeness (QED) is 0.508. The van der Waals surface area contributed by atoms with Gasteiger partial charge in [0.1, 0.15) is 12.4 Å². The van der Waals surface area contributed by atoms with E-state index in [4.69, 9.17) is 4.74 Å². The van der Waals surface area contributed by atoms with Crippen LogP contribution < -0.4 is 10.1 Å². The van der Waals surface area contributed by atoms with Crippen LogP contribution in [-0.2, 0) is 6.61 Å². The van der Waals surface area contributed by atoms with Crippen LogP contribution in [0.15, 0.2) is 67.0 Å². The topological polar surface area (TPSA) is 99.8 Å². The van der Waals surface area contributed by atoms with Crippen LogP contribution in [-0.4, -0.2) is 35.9 Å². The fraction of sp³-hybridized carbons (Fsp3) is 0.190. The van der Waals surface area contributed by atoms with Crippen LogP contribution in [0.2, 0.25) is 0 Å². The Balaban J connectivity index is 1.35. The first-order valence-electron chi connectivity index (χ1n) is 9.51. The Morgan fingerprint density at radius 1 is 1.10 bits per heavy atom. The molecule has 0 spiro atoms. The van der Waals surface area contributed by atoms with Gasteiger partial charge in [0.05, 0.1) is 11.7 Å². The second kappa shape index (κ2) is 8.56. The monoisotopic (exact) mass is 403 g/mol. The predicted octanol–water partition coefficient (Wildman–Crippen LogP) is 3.27. The molecule has 0 aliphatic rings. The highest BCUT2D eigenvalue weighted by atomic mass is 16.5. The third-order valence-corrected chi connectivity index (χ3v) is 4.43.